The van der Waals surface area contributed by atoms with Crippen LogP contribution in [0.3, 0.4) is 0 Å². The molecule has 1 unspecified atom stereocenters. The molecule has 156 valence electrons. The van der Waals surface area contributed by atoms with E-state index >= 15 is 0 Å². The van der Waals surface area contributed by atoms with E-state index in [1.807, 2.05) is 0 Å². The van der Waals surface area contributed by atoms with Crippen molar-refractivity contribution in [2.24, 2.45) is 5.92 Å². The Labute approximate surface area is 174 Å². The van der Waals surface area contributed by atoms with Crippen LogP contribution in [-0.2, 0) is 14.4 Å². The molecule has 2 rings (SSSR count). The first-order chi connectivity index (χ1) is 13.5. The van der Waals surface area contributed by atoms with Crippen LogP contribution < -0.4 is 21.4 Å². The van der Waals surface area contributed by atoms with Crippen LogP contribution in [0.1, 0.15) is 20.3 Å². The number of anilines is 1. The average Bonchev–Trinajstić information content (AvgIpc) is 2.87. The molecule has 1 atom stereocenters. The Morgan fingerprint density at radius 3 is 2.38 bits per heavy atom. The smallest absolute Gasteiger partial charge is 0.344 e. The summed E-state index contributed by atoms with van der Waals surface area (Å²) in [6.45, 7) is 2.62. The van der Waals surface area contributed by atoms with Gasteiger partial charge in [-0.15, -0.1) is 0 Å². The molecule has 0 aliphatic carbocycles. The summed E-state index contributed by atoms with van der Waals surface area (Å²) in [6, 6.07) is 4.89. The number of imide groups is 1. The summed E-state index contributed by atoms with van der Waals surface area (Å²) < 4.78 is 0.806. The van der Waals surface area contributed by atoms with Gasteiger partial charge < -0.3 is 21.1 Å². The number of hydrogen-bond acceptors (Lipinski definition) is 5. The van der Waals surface area contributed by atoms with Crippen LogP contribution in [0.4, 0.5) is 15.3 Å². The van der Waals surface area contributed by atoms with Crippen molar-refractivity contribution in [2.75, 3.05) is 11.9 Å². The van der Waals surface area contributed by atoms with Gasteiger partial charge >= 0.3 is 18.0 Å². The normalized spacial score (nSPS) is 18.4. The first kappa shape index (κ1) is 22.1. The van der Waals surface area contributed by atoms with Crippen LogP contribution >= 0.6 is 15.9 Å². The van der Waals surface area contributed by atoms with E-state index in [0.29, 0.717) is 10.7 Å². The molecular weight excluding hydrogens is 450 g/mol. The second kappa shape index (κ2) is 8.90. The maximum absolute atomic E-state index is 12.9. The van der Waals surface area contributed by atoms with Crippen LogP contribution in [0, 0.1) is 5.92 Å². The van der Waals surface area contributed by atoms with E-state index in [9.17, 15) is 24.0 Å². The molecule has 12 heteroatoms. The number of halogens is 1. The largest absolute Gasteiger partial charge is 0.480 e. The zero-order valence-electron chi connectivity index (χ0n) is 15.6. The summed E-state index contributed by atoms with van der Waals surface area (Å²) >= 11 is 3.26. The molecule has 1 heterocycles. The van der Waals surface area contributed by atoms with Crippen molar-refractivity contribution in [3.05, 3.63) is 28.7 Å². The number of benzene rings is 1. The number of rotatable bonds is 7. The van der Waals surface area contributed by atoms with Crippen molar-refractivity contribution < 1.29 is 29.1 Å². The lowest BCUT2D eigenvalue weighted by Crippen LogP contribution is -2.56. The molecule has 1 saturated heterocycles. The van der Waals surface area contributed by atoms with Gasteiger partial charge in [0.2, 0.25) is 5.91 Å². The van der Waals surface area contributed by atoms with Gasteiger partial charge in [0, 0.05) is 10.2 Å². The zero-order chi connectivity index (χ0) is 21.8. The summed E-state index contributed by atoms with van der Waals surface area (Å²) in [6.07, 6.45) is -0.477. The van der Waals surface area contributed by atoms with Gasteiger partial charge in [-0.25, -0.2) is 15.0 Å². The second-order valence-corrected chi connectivity index (χ2v) is 7.53. The van der Waals surface area contributed by atoms with E-state index in [0.717, 1.165) is 4.47 Å². The minimum absolute atomic E-state index is 0.431. The maximum atomic E-state index is 12.9. The van der Waals surface area contributed by atoms with Gasteiger partial charge in [-0.1, -0.05) is 29.8 Å². The molecule has 0 radical (unpaired) electrons. The summed E-state index contributed by atoms with van der Waals surface area (Å²) in [4.78, 5) is 60.0. The average molecular weight is 470 g/mol. The highest BCUT2D eigenvalue weighted by Crippen LogP contribution is 2.28. The number of hydrazine groups is 1. The zero-order valence-corrected chi connectivity index (χ0v) is 17.2. The molecule has 1 aromatic rings. The SMILES string of the molecule is CC(C)C1(CC(=O)NCC(=O)O)NC(=O)N(NC(=O)Nc2ccc(Br)cc2)C1=O. The highest BCUT2D eigenvalue weighted by atomic mass is 79.9. The Balaban J connectivity index is 2.10. The summed E-state index contributed by atoms with van der Waals surface area (Å²) in [7, 11) is 0. The number of carbonyl (C=O) groups is 5. The van der Waals surface area contributed by atoms with Crippen molar-refractivity contribution in [3.63, 3.8) is 0 Å². The van der Waals surface area contributed by atoms with Gasteiger partial charge in [-0.2, -0.15) is 5.01 Å². The molecule has 29 heavy (non-hydrogen) atoms. The molecule has 5 N–H and O–H groups in total. The van der Waals surface area contributed by atoms with Gasteiger partial charge in [0.05, 0.1) is 6.42 Å². The third-order valence-electron chi connectivity index (χ3n) is 4.30. The fourth-order valence-electron chi connectivity index (χ4n) is 2.69. The highest BCUT2D eigenvalue weighted by molar-refractivity contribution is 9.10. The van der Waals surface area contributed by atoms with Gasteiger partial charge in [-0.05, 0) is 30.2 Å². The Hall–Kier alpha value is -3.15. The standard InChI is InChI=1S/C17H20BrN5O6/c1-9(2)17(7-12(24)19-8-13(25)26)14(27)23(16(29)21-17)22-15(28)20-11-5-3-10(18)4-6-11/h3-6,9H,7-8H2,1-2H3,(H,19,24)(H,21,29)(H,25,26)(H2,20,22,28). The second-order valence-electron chi connectivity index (χ2n) is 6.62. The number of nitrogens with one attached hydrogen (secondary N) is 4. The summed E-state index contributed by atoms with van der Waals surface area (Å²) in [5.74, 6) is -3.31. The first-order valence-electron chi connectivity index (χ1n) is 8.53. The predicted molar refractivity (Wildman–Crippen MR) is 105 cm³/mol. The lowest BCUT2D eigenvalue weighted by Gasteiger charge is -2.29. The molecule has 1 fully saturated rings. The predicted octanol–water partition coefficient (Wildman–Crippen LogP) is 1.02. The van der Waals surface area contributed by atoms with Crippen LogP contribution in [0.15, 0.2) is 28.7 Å². The van der Waals surface area contributed by atoms with Crippen molar-refractivity contribution in [3.8, 4) is 0 Å². The lowest BCUT2D eigenvalue weighted by molar-refractivity contribution is -0.139. The van der Waals surface area contributed by atoms with E-state index < -0.39 is 54.3 Å². The number of amides is 6. The topological polar surface area (TPSA) is 157 Å². The number of hydrogen-bond donors (Lipinski definition) is 5. The third-order valence-corrected chi connectivity index (χ3v) is 4.82. The quantitative estimate of drug-likeness (QED) is 0.375. The molecule has 0 saturated carbocycles. The Morgan fingerprint density at radius 2 is 1.83 bits per heavy atom. The molecule has 1 aliphatic heterocycles. The van der Waals surface area contributed by atoms with Gasteiger partial charge in [0.25, 0.3) is 5.91 Å². The van der Waals surface area contributed by atoms with Crippen LogP contribution in [0.5, 0.6) is 0 Å². The third kappa shape index (κ3) is 5.22. The van der Waals surface area contributed by atoms with Crippen molar-refractivity contribution in [1.29, 1.82) is 0 Å². The molecule has 1 aliphatic rings. The van der Waals surface area contributed by atoms with Crippen molar-refractivity contribution in [1.82, 2.24) is 21.1 Å². The van der Waals surface area contributed by atoms with E-state index in [-0.39, 0.29) is 0 Å². The molecule has 1 aromatic carbocycles. The van der Waals surface area contributed by atoms with Gasteiger partial charge in [0.1, 0.15) is 12.1 Å². The molecule has 6 amide bonds. The Morgan fingerprint density at radius 1 is 1.21 bits per heavy atom. The fraction of sp³-hybridized carbons (Fsp3) is 0.353. The molecule has 0 spiro atoms. The highest BCUT2D eigenvalue weighted by Gasteiger charge is 2.55. The van der Waals surface area contributed by atoms with E-state index in [1.54, 1.807) is 38.1 Å². The summed E-state index contributed by atoms with van der Waals surface area (Å²) in [5.41, 5.74) is 0.970. The van der Waals surface area contributed by atoms with Gasteiger partial charge in [-0.3, -0.25) is 14.4 Å². The molecule has 0 aromatic heterocycles. The lowest BCUT2D eigenvalue weighted by atomic mass is 9.83. The number of nitrogens with zero attached hydrogens (tertiary/aromatic N) is 1. The molecule has 11 nitrogen and oxygen atoms in total. The number of carboxylic acids is 1. The summed E-state index contributed by atoms with van der Waals surface area (Å²) in [5, 5.41) is 16.2. The van der Waals surface area contributed by atoms with Crippen LogP contribution in [-0.4, -0.2) is 52.0 Å². The monoisotopic (exact) mass is 469 g/mol. The van der Waals surface area contributed by atoms with Crippen LogP contribution in [0.2, 0.25) is 0 Å². The number of carboxylic acid groups (broad SMARTS) is 1. The van der Waals surface area contributed by atoms with E-state index in [1.165, 1.54) is 0 Å². The van der Waals surface area contributed by atoms with E-state index in [2.05, 4.69) is 37.3 Å². The number of aliphatic carboxylic acids is 1. The minimum Gasteiger partial charge on any atom is -0.480 e. The molecule has 0 bridgehead atoms. The van der Waals surface area contributed by atoms with E-state index in [4.69, 9.17) is 5.11 Å². The minimum atomic E-state index is -1.62. The first-order valence-corrected chi connectivity index (χ1v) is 9.33. The van der Waals surface area contributed by atoms with Crippen molar-refractivity contribution >= 4 is 51.5 Å². The van der Waals surface area contributed by atoms with Crippen molar-refractivity contribution in [2.45, 2.75) is 25.8 Å². The number of carbonyl (C=O) groups excluding carboxylic acids is 4. The Kier molecular flexibility index (Phi) is 6.80. The fourth-order valence-corrected chi connectivity index (χ4v) is 2.96. The maximum Gasteiger partial charge on any atom is 0.344 e. The molecular formula is C17H20BrN5O6. The number of urea groups is 2. The van der Waals surface area contributed by atoms with Gasteiger partial charge in [0.15, 0.2) is 0 Å². The van der Waals surface area contributed by atoms with Crippen LogP contribution in [0.25, 0.3) is 0 Å². The Bertz CT molecular complexity index is 843.